The number of rotatable bonds is 1. The van der Waals surface area contributed by atoms with Crippen molar-refractivity contribution in [1.82, 2.24) is 15.8 Å². The summed E-state index contributed by atoms with van der Waals surface area (Å²) in [4.78, 5) is 26.4. The van der Waals surface area contributed by atoms with Crippen LogP contribution in [-0.4, -0.2) is 22.7 Å². The molecule has 0 fully saturated rings. The molecular formula is C11H16N4O3. The molecule has 0 atom stereocenters. The van der Waals surface area contributed by atoms with Gasteiger partial charge in [-0.1, -0.05) is 0 Å². The monoisotopic (exact) mass is 252 g/mol. The Bertz CT molecular complexity index is 414. The maximum atomic E-state index is 11.4. The Morgan fingerprint density at radius 3 is 2.56 bits per heavy atom. The van der Waals surface area contributed by atoms with E-state index in [1.165, 1.54) is 6.20 Å². The van der Waals surface area contributed by atoms with E-state index in [9.17, 15) is 9.59 Å². The molecule has 0 bridgehead atoms. The molecule has 0 aliphatic heterocycles. The molecule has 1 aromatic heterocycles. The topological polar surface area (TPSA) is 92.4 Å². The zero-order valence-corrected chi connectivity index (χ0v) is 10.5. The Morgan fingerprint density at radius 2 is 2.00 bits per heavy atom. The van der Waals surface area contributed by atoms with Crippen LogP contribution in [0.15, 0.2) is 24.5 Å². The van der Waals surface area contributed by atoms with E-state index in [2.05, 4.69) is 21.2 Å². The maximum absolute atomic E-state index is 11.4. The molecule has 98 valence electrons. The van der Waals surface area contributed by atoms with E-state index in [1.54, 1.807) is 39.1 Å². The van der Waals surface area contributed by atoms with Crippen molar-refractivity contribution in [3.05, 3.63) is 24.5 Å². The predicted octanol–water partition coefficient (Wildman–Crippen LogP) is 1.64. The average Bonchev–Trinajstić information content (AvgIpc) is 2.25. The number of hydrogen-bond acceptors (Lipinski definition) is 4. The highest BCUT2D eigenvalue weighted by molar-refractivity contribution is 5.89. The van der Waals surface area contributed by atoms with E-state index < -0.39 is 17.7 Å². The van der Waals surface area contributed by atoms with Crippen LogP contribution in [-0.2, 0) is 4.74 Å². The lowest BCUT2D eigenvalue weighted by Crippen LogP contribution is -2.46. The number of urea groups is 1. The maximum Gasteiger partial charge on any atom is 0.426 e. The van der Waals surface area contributed by atoms with Crippen molar-refractivity contribution in [2.45, 2.75) is 26.4 Å². The minimum absolute atomic E-state index is 0.515. The van der Waals surface area contributed by atoms with Crippen molar-refractivity contribution < 1.29 is 14.3 Å². The fraction of sp³-hybridized carbons (Fsp3) is 0.364. The minimum atomic E-state index is -0.733. The van der Waals surface area contributed by atoms with E-state index in [-0.39, 0.29) is 0 Å². The first-order chi connectivity index (χ1) is 8.37. The molecule has 0 spiro atoms. The zero-order valence-electron chi connectivity index (χ0n) is 10.5. The standard InChI is InChI=1S/C11H16N4O3/c1-11(2,3)18-10(17)15-14-9(16)13-8-5-4-6-12-7-8/h4-7H,1-3H3,(H,15,17)(H2,13,14,16). The van der Waals surface area contributed by atoms with Gasteiger partial charge in [-0.05, 0) is 32.9 Å². The van der Waals surface area contributed by atoms with Gasteiger partial charge in [0.1, 0.15) is 5.60 Å². The molecule has 0 aliphatic rings. The smallest absolute Gasteiger partial charge is 0.426 e. The summed E-state index contributed by atoms with van der Waals surface area (Å²) in [6, 6.07) is 2.76. The third-order valence-corrected chi connectivity index (χ3v) is 1.60. The molecule has 0 saturated heterocycles. The number of ether oxygens (including phenoxy) is 1. The molecule has 1 rings (SSSR count). The molecule has 0 unspecified atom stereocenters. The molecule has 18 heavy (non-hydrogen) atoms. The number of carbonyl (C=O) groups excluding carboxylic acids is 2. The van der Waals surface area contributed by atoms with Gasteiger partial charge in [0.2, 0.25) is 0 Å². The molecule has 0 aromatic carbocycles. The van der Waals surface area contributed by atoms with Gasteiger partial charge in [-0.3, -0.25) is 4.98 Å². The molecule has 7 nitrogen and oxygen atoms in total. The summed E-state index contributed by atoms with van der Waals surface area (Å²) in [5.41, 5.74) is 4.16. The Kier molecular flexibility index (Phi) is 4.47. The number of hydrazine groups is 1. The molecule has 1 heterocycles. The largest absolute Gasteiger partial charge is 0.443 e. The molecular weight excluding hydrogens is 236 g/mol. The fourth-order valence-corrected chi connectivity index (χ4v) is 1.01. The highest BCUT2D eigenvalue weighted by Crippen LogP contribution is 2.06. The summed E-state index contributed by atoms with van der Waals surface area (Å²) in [7, 11) is 0. The molecule has 3 amide bonds. The van der Waals surface area contributed by atoms with Gasteiger partial charge in [0.25, 0.3) is 0 Å². The number of amides is 3. The van der Waals surface area contributed by atoms with Gasteiger partial charge in [0.15, 0.2) is 0 Å². The van der Waals surface area contributed by atoms with Gasteiger partial charge in [-0.2, -0.15) is 0 Å². The van der Waals surface area contributed by atoms with Crippen LogP contribution in [0.25, 0.3) is 0 Å². The van der Waals surface area contributed by atoms with Crippen LogP contribution >= 0.6 is 0 Å². The molecule has 0 aliphatic carbocycles. The fourth-order valence-electron chi connectivity index (χ4n) is 1.01. The lowest BCUT2D eigenvalue weighted by Gasteiger charge is -2.19. The van der Waals surface area contributed by atoms with Gasteiger partial charge in [0.05, 0.1) is 11.9 Å². The second kappa shape index (κ2) is 5.85. The van der Waals surface area contributed by atoms with Gasteiger partial charge in [0, 0.05) is 6.20 Å². The average molecular weight is 252 g/mol. The van der Waals surface area contributed by atoms with Crippen molar-refractivity contribution in [3.63, 3.8) is 0 Å². The van der Waals surface area contributed by atoms with E-state index in [1.807, 2.05) is 0 Å². The SMILES string of the molecule is CC(C)(C)OC(=O)NNC(=O)Nc1cccnc1. The number of anilines is 1. The normalized spacial score (nSPS) is 10.4. The molecule has 0 saturated carbocycles. The van der Waals surface area contributed by atoms with Crippen LogP contribution in [0.4, 0.5) is 15.3 Å². The van der Waals surface area contributed by atoms with Crippen molar-refractivity contribution in [1.29, 1.82) is 0 Å². The molecule has 1 aromatic rings. The summed E-state index contributed by atoms with van der Waals surface area (Å²) in [6.45, 7) is 5.17. The van der Waals surface area contributed by atoms with Crippen LogP contribution in [0.5, 0.6) is 0 Å². The van der Waals surface area contributed by atoms with Gasteiger partial charge < -0.3 is 10.1 Å². The number of pyridine rings is 1. The summed E-state index contributed by atoms with van der Waals surface area (Å²) in [5.74, 6) is 0. The molecule has 7 heteroatoms. The van der Waals surface area contributed by atoms with E-state index in [4.69, 9.17) is 4.74 Å². The third kappa shape index (κ3) is 5.69. The number of hydrogen-bond donors (Lipinski definition) is 3. The molecule has 3 N–H and O–H groups in total. The van der Waals surface area contributed by atoms with E-state index in [0.29, 0.717) is 5.69 Å². The van der Waals surface area contributed by atoms with Crippen LogP contribution in [0.2, 0.25) is 0 Å². The van der Waals surface area contributed by atoms with Gasteiger partial charge >= 0.3 is 12.1 Å². The van der Waals surface area contributed by atoms with Crippen LogP contribution in [0.1, 0.15) is 20.8 Å². The summed E-state index contributed by atoms with van der Waals surface area (Å²) in [5, 5.41) is 2.48. The summed E-state index contributed by atoms with van der Waals surface area (Å²) >= 11 is 0. The quantitative estimate of drug-likeness (QED) is 0.662. The minimum Gasteiger partial charge on any atom is -0.443 e. The van der Waals surface area contributed by atoms with Crippen LogP contribution < -0.4 is 16.2 Å². The number of nitrogens with zero attached hydrogens (tertiary/aromatic N) is 1. The predicted molar refractivity (Wildman–Crippen MR) is 65.8 cm³/mol. The number of nitrogens with one attached hydrogen (secondary N) is 3. The van der Waals surface area contributed by atoms with Crippen molar-refractivity contribution in [2.75, 3.05) is 5.32 Å². The van der Waals surface area contributed by atoms with Crippen molar-refractivity contribution >= 4 is 17.8 Å². The van der Waals surface area contributed by atoms with Crippen LogP contribution in [0, 0.1) is 0 Å². The Morgan fingerprint density at radius 1 is 1.28 bits per heavy atom. The first kappa shape index (κ1) is 13.8. The van der Waals surface area contributed by atoms with Crippen molar-refractivity contribution in [2.24, 2.45) is 0 Å². The van der Waals surface area contributed by atoms with E-state index in [0.717, 1.165) is 0 Å². The third-order valence-electron chi connectivity index (χ3n) is 1.60. The van der Waals surface area contributed by atoms with Crippen molar-refractivity contribution in [3.8, 4) is 0 Å². The highest BCUT2D eigenvalue weighted by atomic mass is 16.6. The Hall–Kier alpha value is -2.31. The summed E-state index contributed by atoms with van der Waals surface area (Å²) < 4.78 is 4.93. The van der Waals surface area contributed by atoms with E-state index >= 15 is 0 Å². The number of aromatic nitrogens is 1. The highest BCUT2D eigenvalue weighted by Gasteiger charge is 2.16. The second-order valence-corrected chi connectivity index (χ2v) is 4.45. The lowest BCUT2D eigenvalue weighted by molar-refractivity contribution is 0.0506. The second-order valence-electron chi connectivity index (χ2n) is 4.45. The Balaban J connectivity index is 2.32. The lowest BCUT2D eigenvalue weighted by atomic mass is 10.2. The first-order valence-corrected chi connectivity index (χ1v) is 5.33. The van der Waals surface area contributed by atoms with Gasteiger partial charge in [-0.15, -0.1) is 0 Å². The van der Waals surface area contributed by atoms with Crippen LogP contribution in [0.3, 0.4) is 0 Å². The first-order valence-electron chi connectivity index (χ1n) is 5.33. The Labute approximate surface area is 105 Å². The van der Waals surface area contributed by atoms with Gasteiger partial charge in [-0.25, -0.2) is 20.4 Å². The zero-order chi connectivity index (χ0) is 13.6. The summed E-state index contributed by atoms with van der Waals surface area (Å²) in [6.07, 6.45) is 2.33. The number of carbonyl (C=O) groups is 2. The molecule has 0 radical (unpaired) electrons.